The van der Waals surface area contributed by atoms with Gasteiger partial charge >= 0.3 is 6.09 Å². The molecule has 136 valence electrons. The zero-order chi connectivity index (χ0) is 17.8. The average Bonchev–Trinajstić information content (AvgIpc) is 3.34. The van der Waals surface area contributed by atoms with E-state index in [1.54, 1.807) is 10.4 Å². The standard InChI is InChI=1S/C16H22N4O4S/c1-2-12-13(19-16(23)24-12)14(21)18-11(7-10-8-25-9-17-10)15(22)20-5-3-4-6-20/h8-9,11-13H,2-7H2,1H3,(H,18,21)(H,19,23). The number of thiazole rings is 1. The molecule has 3 heterocycles. The van der Waals surface area contributed by atoms with Crippen molar-refractivity contribution in [2.24, 2.45) is 0 Å². The van der Waals surface area contributed by atoms with Gasteiger partial charge in [0.05, 0.1) is 11.2 Å². The van der Waals surface area contributed by atoms with E-state index in [2.05, 4.69) is 15.6 Å². The van der Waals surface area contributed by atoms with Gasteiger partial charge in [0.25, 0.3) is 0 Å². The zero-order valence-corrected chi connectivity index (χ0v) is 14.9. The van der Waals surface area contributed by atoms with Gasteiger partial charge in [-0.25, -0.2) is 9.78 Å². The van der Waals surface area contributed by atoms with Gasteiger partial charge in [-0.15, -0.1) is 11.3 Å². The second kappa shape index (κ2) is 7.81. The summed E-state index contributed by atoms with van der Waals surface area (Å²) in [6, 6.07) is -1.47. The molecule has 0 spiro atoms. The lowest BCUT2D eigenvalue weighted by atomic mass is 10.1. The first-order valence-corrected chi connectivity index (χ1v) is 9.46. The molecule has 2 fully saturated rings. The smallest absolute Gasteiger partial charge is 0.408 e. The van der Waals surface area contributed by atoms with Crippen LogP contribution in [0.5, 0.6) is 0 Å². The lowest BCUT2D eigenvalue weighted by molar-refractivity contribution is -0.136. The average molecular weight is 366 g/mol. The zero-order valence-electron chi connectivity index (χ0n) is 14.1. The fraction of sp³-hybridized carbons (Fsp3) is 0.625. The Morgan fingerprint density at radius 2 is 2.24 bits per heavy atom. The summed E-state index contributed by atoms with van der Waals surface area (Å²) in [7, 11) is 0. The summed E-state index contributed by atoms with van der Waals surface area (Å²) in [6.07, 6.45) is 1.70. The van der Waals surface area contributed by atoms with Gasteiger partial charge < -0.3 is 20.3 Å². The summed E-state index contributed by atoms with van der Waals surface area (Å²) in [5, 5.41) is 7.18. The number of nitrogens with zero attached hydrogens (tertiary/aromatic N) is 2. The molecule has 2 saturated heterocycles. The maximum Gasteiger partial charge on any atom is 0.408 e. The molecule has 0 bridgehead atoms. The molecule has 3 atom stereocenters. The van der Waals surface area contributed by atoms with Gasteiger partial charge in [-0.3, -0.25) is 9.59 Å². The number of likely N-dealkylation sites (tertiary alicyclic amines) is 1. The summed E-state index contributed by atoms with van der Waals surface area (Å²) in [4.78, 5) is 42.8. The van der Waals surface area contributed by atoms with Gasteiger partial charge in [0.1, 0.15) is 18.2 Å². The first-order valence-electron chi connectivity index (χ1n) is 8.52. The number of amides is 3. The van der Waals surface area contributed by atoms with Gasteiger partial charge in [-0.1, -0.05) is 6.92 Å². The number of carbonyl (C=O) groups excluding carboxylic acids is 3. The van der Waals surface area contributed by atoms with Crippen molar-refractivity contribution in [2.45, 2.75) is 50.8 Å². The van der Waals surface area contributed by atoms with Crippen molar-refractivity contribution in [3.8, 4) is 0 Å². The number of hydrogen-bond acceptors (Lipinski definition) is 6. The Balaban J connectivity index is 1.71. The minimum absolute atomic E-state index is 0.0999. The molecule has 3 unspecified atom stereocenters. The van der Waals surface area contributed by atoms with Gasteiger partial charge in [0.2, 0.25) is 11.8 Å². The largest absolute Gasteiger partial charge is 0.443 e. The summed E-state index contributed by atoms with van der Waals surface area (Å²) in [5.41, 5.74) is 2.47. The third-order valence-electron chi connectivity index (χ3n) is 4.52. The van der Waals surface area contributed by atoms with Crippen LogP contribution in [0.3, 0.4) is 0 Å². The molecular formula is C16H22N4O4S. The first kappa shape index (κ1) is 17.7. The van der Waals surface area contributed by atoms with Crippen molar-refractivity contribution >= 4 is 29.2 Å². The summed E-state index contributed by atoms with van der Waals surface area (Å²) in [6.45, 7) is 3.26. The monoisotopic (exact) mass is 366 g/mol. The van der Waals surface area contributed by atoms with Crippen LogP contribution < -0.4 is 10.6 Å². The number of nitrogens with one attached hydrogen (secondary N) is 2. The molecule has 0 aromatic carbocycles. The third-order valence-corrected chi connectivity index (χ3v) is 5.15. The van der Waals surface area contributed by atoms with E-state index in [0.29, 0.717) is 25.9 Å². The molecule has 3 amide bonds. The van der Waals surface area contributed by atoms with Crippen LogP contribution >= 0.6 is 11.3 Å². The van der Waals surface area contributed by atoms with Crippen molar-refractivity contribution in [1.82, 2.24) is 20.5 Å². The van der Waals surface area contributed by atoms with Crippen molar-refractivity contribution in [1.29, 1.82) is 0 Å². The van der Waals surface area contributed by atoms with E-state index in [0.717, 1.165) is 18.5 Å². The SMILES string of the molecule is CCC1OC(=O)NC1C(=O)NC(Cc1cscn1)C(=O)N1CCCC1. The molecule has 9 heteroatoms. The van der Waals surface area contributed by atoms with E-state index in [1.807, 2.05) is 12.3 Å². The van der Waals surface area contributed by atoms with Crippen molar-refractivity contribution in [3.05, 3.63) is 16.6 Å². The van der Waals surface area contributed by atoms with Crippen LogP contribution in [0.25, 0.3) is 0 Å². The number of carbonyl (C=O) groups is 3. The van der Waals surface area contributed by atoms with E-state index in [4.69, 9.17) is 4.74 Å². The fourth-order valence-electron chi connectivity index (χ4n) is 3.18. The summed E-state index contributed by atoms with van der Waals surface area (Å²) < 4.78 is 5.08. The molecule has 2 aliphatic rings. The van der Waals surface area contributed by atoms with E-state index in [9.17, 15) is 14.4 Å². The van der Waals surface area contributed by atoms with Gasteiger partial charge in [0, 0.05) is 24.9 Å². The normalized spacial score (nSPS) is 23.9. The quantitative estimate of drug-likeness (QED) is 0.771. The third kappa shape index (κ3) is 4.09. The summed E-state index contributed by atoms with van der Waals surface area (Å²) >= 11 is 1.45. The molecule has 1 aromatic rings. The highest BCUT2D eigenvalue weighted by atomic mass is 32.1. The maximum atomic E-state index is 12.8. The lowest BCUT2D eigenvalue weighted by Gasteiger charge is -2.25. The number of hydrogen-bond donors (Lipinski definition) is 2. The Morgan fingerprint density at radius 1 is 1.48 bits per heavy atom. The van der Waals surface area contributed by atoms with Crippen LogP contribution in [-0.2, 0) is 20.7 Å². The minimum Gasteiger partial charge on any atom is -0.443 e. The van der Waals surface area contributed by atoms with Crippen molar-refractivity contribution < 1.29 is 19.1 Å². The maximum absolute atomic E-state index is 12.8. The Kier molecular flexibility index (Phi) is 5.52. The van der Waals surface area contributed by atoms with Gasteiger partial charge in [-0.05, 0) is 19.3 Å². The predicted octanol–water partition coefficient (Wildman–Crippen LogP) is 0.680. The Bertz CT molecular complexity index is 630. The van der Waals surface area contributed by atoms with Crippen LogP contribution in [0, 0.1) is 0 Å². The van der Waals surface area contributed by atoms with E-state index < -0.39 is 30.2 Å². The molecule has 8 nitrogen and oxygen atoms in total. The van der Waals surface area contributed by atoms with Crippen molar-refractivity contribution in [2.75, 3.05) is 13.1 Å². The van der Waals surface area contributed by atoms with E-state index in [-0.39, 0.29) is 5.91 Å². The second-order valence-electron chi connectivity index (χ2n) is 6.25. The van der Waals surface area contributed by atoms with Gasteiger partial charge in [0.15, 0.2) is 0 Å². The minimum atomic E-state index is -0.776. The van der Waals surface area contributed by atoms with Gasteiger partial charge in [-0.2, -0.15) is 0 Å². The first-order chi connectivity index (χ1) is 12.1. The number of rotatable bonds is 6. The Morgan fingerprint density at radius 3 is 2.88 bits per heavy atom. The van der Waals surface area contributed by atoms with Crippen LogP contribution in [0.4, 0.5) is 4.79 Å². The van der Waals surface area contributed by atoms with Crippen LogP contribution in [0.1, 0.15) is 31.9 Å². The van der Waals surface area contributed by atoms with Crippen LogP contribution in [0.2, 0.25) is 0 Å². The highest BCUT2D eigenvalue weighted by Gasteiger charge is 2.40. The Labute approximate surface area is 149 Å². The number of cyclic esters (lactones) is 1. The molecule has 1 aromatic heterocycles. The highest BCUT2D eigenvalue weighted by Crippen LogP contribution is 2.15. The number of alkyl carbamates (subject to hydrolysis) is 1. The molecular weight excluding hydrogens is 344 g/mol. The fourth-order valence-corrected chi connectivity index (χ4v) is 3.75. The molecule has 0 radical (unpaired) electrons. The molecule has 2 N–H and O–H groups in total. The van der Waals surface area contributed by atoms with E-state index >= 15 is 0 Å². The van der Waals surface area contributed by atoms with Crippen LogP contribution in [-0.4, -0.2) is 59.1 Å². The summed E-state index contributed by atoms with van der Waals surface area (Å²) in [5.74, 6) is -0.498. The van der Waals surface area contributed by atoms with Crippen molar-refractivity contribution in [3.63, 3.8) is 0 Å². The molecule has 3 rings (SSSR count). The van der Waals surface area contributed by atoms with E-state index in [1.165, 1.54) is 11.3 Å². The molecule has 25 heavy (non-hydrogen) atoms. The highest BCUT2D eigenvalue weighted by molar-refractivity contribution is 7.07. The number of aromatic nitrogens is 1. The molecule has 0 saturated carbocycles. The second-order valence-corrected chi connectivity index (χ2v) is 6.97. The number of ether oxygens (including phenoxy) is 1. The molecule has 2 aliphatic heterocycles. The predicted molar refractivity (Wildman–Crippen MR) is 91.0 cm³/mol. The van der Waals surface area contributed by atoms with Crippen LogP contribution in [0.15, 0.2) is 10.9 Å². The molecule has 0 aliphatic carbocycles. The lowest BCUT2D eigenvalue weighted by Crippen LogP contribution is -2.55. The Hall–Kier alpha value is -2.16. The topological polar surface area (TPSA) is 101 Å².